The van der Waals surface area contributed by atoms with E-state index >= 15 is 0 Å². The maximum atomic E-state index is 12.2. The number of anilines is 2. The predicted octanol–water partition coefficient (Wildman–Crippen LogP) is 1.73. The van der Waals surface area contributed by atoms with Crippen molar-refractivity contribution in [1.29, 1.82) is 0 Å². The molecule has 144 valence electrons. The van der Waals surface area contributed by atoms with Gasteiger partial charge in [0.15, 0.2) is 0 Å². The van der Waals surface area contributed by atoms with E-state index in [2.05, 4.69) is 30.4 Å². The van der Waals surface area contributed by atoms with E-state index in [1.807, 2.05) is 13.1 Å². The van der Waals surface area contributed by atoms with Crippen molar-refractivity contribution in [2.24, 2.45) is 5.92 Å². The van der Waals surface area contributed by atoms with Crippen LogP contribution in [0, 0.1) is 5.92 Å². The van der Waals surface area contributed by atoms with Gasteiger partial charge in [-0.25, -0.2) is 4.98 Å². The highest BCUT2D eigenvalue weighted by Gasteiger charge is 2.22. The first-order valence-corrected chi connectivity index (χ1v) is 9.99. The number of aromatic nitrogens is 2. The van der Waals surface area contributed by atoms with Gasteiger partial charge in [0.1, 0.15) is 5.82 Å². The fourth-order valence-electron chi connectivity index (χ4n) is 3.88. The van der Waals surface area contributed by atoms with Gasteiger partial charge in [0.05, 0.1) is 0 Å². The largest absolute Gasteiger partial charge is 0.357 e. The molecule has 0 aliphatic carbocycles. The molecule has 0 spiro atoms. The molecule has 2 aliphatic rings. The van der Waals surface area contributed by atoms with E-state index in [9.17, 15) is 4.79 Å². The molecule has 26 heavy (non-hydrogen) atoms. The number of nitrogens with zero attached hydrogens (tertiary/aromatic N) is 4. The minimum Gasteiger partial charge on any atom is -0.357 e. The molecule has 2 aliphatic heterocycles. The zero-order valence-corrected chi connectivity index (χ0v) is 15.9. The highest BCUT2D eigenvalue weighted by molar-refractivity contribution is 5.76. The number of hydrogen-bond acceptors (Lipinski definition) is 6. The zero-order valence-electron chi connectivity index (χ0n) is 15.9. The number of carbonyl (C=O) groups excluding carboxylic acids is 1. The average molecular weight is 361 g/mol. The van der Waals surface area contributed by atoms with Crippen LogP contribution in [0.4, 0.5) is 11.8 Å². The minimum absolute atomic E-state index is 0.208. The molecule has 1 amide bonds. The van der Waals surface area contributed by atoms with Crippen molar-refractivity contribution in [3.8, 4) is 0 Å². The van der Waals surface area contributed by atoms with Gasteiger partial charge in [0, 0.05) is 45.8 Å². The first kappa shape index (κ1) is 18.9. The summed E-state index contributed by atoms with van der Waals surface area (Å²) in [7, 11) is 1.83. The number of hydrogen-bond donors (Lipinski definition) is 2. The van der Waals surface area contributed by atoms with Crippen LogP contribution in [0.25, 0.3) is 0 Å². The quantitative estimate of drug-likeness (QED) is 0.771. The Morgan fingerprint density at radius 2 is 1.96 bits per heavy atom. The van der Waals surface area contributed by atoms with Gasteiger partial charge in [-0.3, -0.25) is 4.79 Å². The van der Waals surface area contributed by atoms with E-state index in [-0.39, 0.29) is 5.91 Å². The Hall–Kier alpha value is -1.89. The standard InChI is InChI=1S/C19H32N6O/c1-20-19-22-8-5-17(23-19)25-12-6-16(7-13-25)15-18(26)21-9-14-24-10-3-2-4-11-24/h5,8,16H,2-4,6-7,9-15H2,1H3,(H,21,26)(H,20,22,23). The summed E-state index contributed by atoms with van der Waals surface area (Å²) in [4.78, 5) is 25.6. The van der Waals surface area contributed by atoms with Gasteiger partial charge in [-0.2, -0.15) is 4.98 Å². The summed E-state index contributed by atoms with van der Waals surface area (Å²) in [6.07, 6.45) is 8.47. The predicted molar refractivity (Wildman–Crippen MR) is 104 cm³/mol. The number of carbonyl (C=O) groups is 1. The Balaban J connectivity index is 1.34. The maximum absolute atomic E-state index is 12.2. The smallest absolute Gasteiger partial charge is 0.224 e. The Bertz CT molecular complexity index is 567. The molecule has 1 aromatic rings. The summed E-state index contributed by atoms with van der Waals surface area (Å²) in [5, 5.41) is 6.09. The fraction of sp³-hybridized carbons (Fsp3) is 0.737. The van der Waals surface area contributed by atoms with Crippen molar-refractivity contribution < 1.29 is 4.79 Å². The molecule has 0 bridgehead atoms. The van der Waals surface area contributed by atoms with Crippen molar-refractivity contribution >= 4 is 17.7 Å². The summed E-state index contributed by atoms with van der Waals surface area (Å²) in [6, 6.07) is 1.95. The van der Waals surface area contributed by atoms with E-state index in [1.165, 1.54) is 32.4 Å². The van der Waals surface area contributed by atoms with Crippen LogP contribution in [0.15, 0.2) is 12.3 Å². The number of likely N-dealkylation sites (tertiary alicyclic amines) is 1. The third-order valence-corrected chi connectivity index (χ3v) is 5.48. The third kappa shape index (κ3) is 5.56. The first-order chi connectivity index (χ1) is 12.7. The second-order valence-corrected chi connectivity index (χ2v) is 7.38. The van der Waals surface area contributed by atoms with Crippen molar-refractivity contribution in [2.75, 3.05) is 56.5 Å². The number of nitrogens with one attached hydrogen (secondary N) is 2. The van der Waals surface area contributed by atoms with Gasteiger partial charge in [-0.1, -0.05) is 6.42 Å². The topological polar surface area (TPSA) is 73.4 Å². The molecule has 2 N–H and O–H groups in total. The lowest BCUT2D eigenvalue weighted by atomic mass is 9.93. The van der Waals surface area contributed by atoms with E-state index in [0.717, 1.165) is 44.8 Å². The summed E-state index contributed by atoms with van der Waals surface area (Å²) >= 11 is 0. The third-order valence-electron chi connectivity index (χ3n) is 5.48. The Morgan fingerprint density at radius 1 is 1.19 bits per heavy atom. The fourth-order valence-corrected chi connectivity index (χ4v) is 3.88. The lowest BCUT2D eigenvalue weighted by molar-refractivity contribution is -0.122. The molecule has 0 unspecified atom stereocenters. The zero-order chi connectivity index (χ0) is 18.2. The highest BCUT2D eigenvalue weighted by atomic mass is 16.1. The molecule has 7 heteroatoms. The second-order valence-electron chi connectivity index (χ2n) is 7.38. The van der Waals surface area contributed by atoms with E-state index < -0.39 is 0 Å². The van der Waals surface area contributed by atoms with Gasteiger partial charge in [-0.15, -0.1) is 0 Å². The minimum atomic E-state index is 0.208. The van der Waals surface area contributed by atoms with Gasteiger partial charge >= 0.3 is 0 Å². The van der Waals surface area contributed by atoms with Crippen LogP contribution in [-0.4, -0.2) is 67.1 Å². The van der Waals surface area contributed by atoms with Crippen LogP contribution in [0.5, 0.6) is 0 Å². The van der Waals surface area contributed by atoms with Crippen molar-refractivity contribution in [3.05, 3.63) is 12.3 Å². The molecule has 2 fully saturated rings. The highest BCUT2D eigenvalue weighted by Crippen LogP contribution is 2.24. The molecule has 3 heterocycles. The molecule has 3 rings (SSSR count). The SMILES string of the molecule is CNc1nccc(N2CCC(CC(=O)NCCN3CCCCC3)CC2)n1. The molecular formula is C19H32N6O. The summed E-state index contributed by atoms with van der Waals surface area (Å²) in [5.41, 5.74) is 0. The molecule has 0 atom stereocenters. The van der Waals surface area contributed by atoms with Crippen LogP contribution < -0.4 is 15.5 Å². The number of piperidine rings is 2. The lowest BCUT2D eigenvalue weighted by Crippen LogP contribution is -2.39. The van der Waals surface area contributed by atoms with E-state index in [1.54, 1.807) is 6.20 Å². The maximum Gasteiger partial charge on any atom is 0.224 e. The van der Waals surface area contributed by atoms with Crippen molar-refractivity contribution in [2.45, 2.75) is 38.5 Å². The van der Waals surface area contributed by atoms with Crippen LogP contribution in [0.3, 0.4) is 0 Å². The molecule has 0 radical (unpaired) electrons. The second kappa shape index (κ2) is 9.71. The van der Waals surface area contributed by atoms with Crippen LogP contribution in [-0.2, 0) is 4.79 Å². The monoisotopic (exact) mass is 360 g/mol. The normalized spacial score (nSPS) is 19.3. The molecular weight excluding hydrogens is 328 g/mol. The molecule has 1 aromatic heterocycles. The number of amides is 1. The first-order valence-electron chi connectivity index (χ1n) is 9.99. The van der Waals surface area contributed by atoms with E-state index in [0.29, 0.717) is 18.3 Å². The summed E-state index contributed by atoms with van der Waals surface area (Å²) in [5.74, 6) is 2.30. The van der Waals surface area contributed by atoms with Gasteiger partial charge in [0.25, 0.3) is 0 Å². The van der Waals surface area contributed by atoms with Crippen LogP contribution in [0.1, 0.15) is 38.5 Å². The summed E-state index contributed by atoms with van der Waals surface area (Å²) in [6.45, 7) is 6.05. The Labute approximate surface area is 156 Å². The van der Waals surface area contributed by atoms with Gasteiger partial charge in [0.2, 0.25) is 11.9 Å². The molecule has 2 saturated heterocycles. The van der Waals surface area contributed by atoms with Crippen molar-refractivity contribution in [1.82, 2.24) is 20.2 Å². The van der Waals surface area contributed by atoms with Gasteiger partial charge in [-0.05, 0) is 50.8 Å². The molecule has 0 saturated carbocycles. The number of rotatable bonds is 7. The Kier molecular flexibility index (Phi) is 7.05. The van der Waals surface area contributed by atoms with Crippen molar-refractivity contribution in [3.63, 3.8) is 0 Å². The average Bonchev–Trinajstić information content (AvgIpc) is 2.69. The van der Waals surface area contributed by atoms with Gasteiger partial charge < -0.3 is 20.4 Å². The van der Waals surface area contributed by atoms with E-state index in [4.69, 9.17) is 0 Å². The van der Waals surface area contributed by atoms with Crippen LogP contribution >= 0.6 is 0 Å². The Morgan fingerprint density at radius 3 is 2.69 bits per heavy atom. The lowest BCUT2D eigenvalue weighted by Gasteiger charge is -2.32. The van der Waals surface area contributed by atoms with Crippen LogP contribution in [0.2, 0.25) is 0 Å². The molecule has 7 nitrogen and oxygen atoms in total. The molecule has 0 aromatic carbocycles. The summed E-state index contributed by atoms with van der Waals surface area (Å²) < 4.78 is 0.